The molecule has 2 atom stereocenters. The summed E-state index contributed by atoms with van der Waals surface area (Å²) in [4.78, 5) is 24.2. The lowest BCUT2D eigenvalue weighted by molar-refractivity contribution is 0.190. The van der Waals surface area contributed by atoms with E-state index in [0.29, 0.717) is 5.95 Å². The average molecular weight is 353 g/mol. The van der Waals surface area contributed by atoms with Crippen LogP contribution in [0.3, 0.4) is 0 Å². The largest absolute Gasteiger partial charge is 0.465 e. The topological polar surface area (TPSA) is 117 Å². The molecular formula is C17H19N7O2. The third-order valence-electron chi connectivity index (χ3n) is 4.46. The van der Waals surface area contributed by atoms with Gasteiger partial charge in [-0.15, -0.1) is 0 Å². The van der Waals surface area contributed by atoms with Crippen molar-refractivity contribution in [3.63, 3.8) is 0 Å². The molecule has 3 aromatic heterocycles. The number of nitrogens with zero attached hydrogens (tertiary/aromatic N) is 5. The van der Waals surface area contributed by atoms with Crippen LogP contribution in [0.1, 0.15) is 25.0 Å². The smallest absolute Gasteiger partial charge is 0.404 e. The number of fused-ring (bicyclic) bond motifs is 1. The van der Waals surface area contributed by atoms with Gasteiger partial charge in [-0.2, -0.15) is 5.10 Å². The van der Waals surface area contributed by atoms with Crippen LogP contribution in [0, 0.1) is 6.92 Å². The molecule has 1 saturated carbocycles. The second kappa shape index (κ2) is 6.58. The molecule has 4 rings (SSSR count). The molecule has 0 bridgehead atoms. The van der Waals surface area contributed by atoms with Crippen LogP contribution >= 0.6 is 0 Å². The van der Waals surface area contributed by atoms with Gasteiger partial charge >= 0.3 is 6.09 Å². The molecule has 0 saturated heterocycles. The lowest BCUT2D eigenvalue weighted by atomic mass is 10.2. The van der Waals surface area contributed by atoms with Gasteiger partial charge in [-0.05, 0) is 38.3 Å². The molecule has 0 radical (unpaired) electrons. The number of nitrogens with one attached hydrogen (secondary N) is 2. The maximum Gasteiger partial charge on any atom is 0.404 e. The van der Waals surface area contributed by atoms with Gasteiger partial charge in [-0.25, -0.2) is 24.3 Å². The second-order valence-electron chi connectivity index (χ2n) is 6.47. The first-order valence-corrected chi connectivity index (χ1v) is 8.49. The first kappa shape index (κ1) is 16.2. The summed E-state index contributed by atoms with van der Waals surface area (Å²) < 4.78 is 1.73. The van der Waals surface area contributed by atoms with E-state index in [9.17, 15) is 4.79 Å². The fraction of sp³-hybridized carbons (Fsp3) is 0.353. The molecule has 3 N–H and O–H groups in total. The van der Waals surface area contributed by atoms with E-state index in [4.69, 9.17) is 5.11 Å². The van der Waals surface area contributed by atoms with Crippen LogP contribution in [0.15, 0.2) is 30.6 Å². The second-order valence-corrected chi connectivity index (χ2v) is 6.47. The van der Waals surface area contributed by atoms with E-state index in [2.05, 4.69) is 30.7 Å². The molecule has 0 spiro atoms. The molecule has 0 aliphatic heterocycles. The van der Waals surface area contributed by atoms with Gasteiger partial charge in [-0.3, -0.25) is 0 Å². The number of rotatable bonds is 4. The monoisotopic (exact) mass is 353 g/mol. The molecular weight excluding hydrogens is 334 g/mol. The zero-order valence-corrected chi connectivity index (χ0v) is 14.3. The lowest BCUT2D eigenvalue weighted by Gasteiger charge is -2.13. The summed E-state index contributed by atoms with van der Waals surface area (Å²) in [5.74, 6) is 0.523. The van der Waals surface area contributed by atoms with Gasteiger partial charge < -0.3 is 15.7 Å². The van der Waals surface area contributed by atoms with Gasteiger partial charge in [0.1, 0.15) is 0 Å². The Balaban J connectivity index is 1.50. The molecule has 1 amide bonds. The summed E-state index contributed by atoms with van der Waals surface area (Å²) >= 11 is 0. The zero-order chi connectivity index (χ0) is 18.1. The first-order valence-electron chi connectivity index (χ1n) is 8.49. The molecule has 3 aromatic rings. The molecule has 1 fully saturated rings. The van der Waals surface area contributed by atoms with Crippen LogP contribution in [0.2, 0.25) is 0 Å². The molecule has 9 nitrogen and oxygen atoms in total. The maximum atomic E-state index is 10.7. The fourth-order valence-electron chi connectivity index (χ4n) is 3.31. The quantitative estimate of drug-likeness (QED) is 0.657. The van der Waals surface area contributed by atoms with Gasteiger partial charge in [0.2, 0.25) is 5.95 Å². The predicted octanol–water partition coefficient (Wildman–Crippen LogP) is 2.10. The van der Waals surface area contributed by atoms with Crippen LogP contribution in [-0.2, 0) is 0 Å². The molecule has 26 heavy (non-hydrogen) atoms. The number of aromatic nitrogens is 5. The number of carboxylic acid groups (broad SMARTS) is 1. The normalized spacial score (nSPS) is 19.6. The van der Waals surface area contributed by atoms with E-state index in [-0.39, 0.29) is 12.1 Å². The molecule has 134 valence electrons. The molecule has 2 unspecified atom stereocenters. The Morgan fingerprint density at radius 1 is 1.23 bits per heavy atom. The van der Waals surface area contributed by atoms with Gasteiger partial charge in [0.25, 0.3) is 0 Å². The molecule has 1 aliphatic rings. The number of anilines is 1. The van der Waals surface area contributed by atoms with Crippen molar-refractivity contribution in [2.75, 3.05) is 5.32 Å². The summed E-state index contributed by atoms with van der Waals surface area (Å²) in [5, 5.41) is 19.0. The molecule has 3 heterocycles. The molecule has 1 aliphatic carbocycles. The fourth-order valence-corrected chi connectivity index (χ4v) is 3.31. The summed E-state index contributed by atoms with van der Waals surface area (Å²) in [6, 6.07) is 5.72. The Labute approximate surface area is 149 Å². The standard InChI is InChI=1S/C17H19N7O2/c1-10-8-15-21-14(5-7-24(15)23-10)13-4-6-18-16(22-13)19-11-2-3-12(9-11)20-17(25)26/h4-8,11-12,20H,2-3,9H2,1H3,(H,25,26)(H,18,19,22). The van der Waals surface area contributed by atoms with Crippen LogP contribution < -0.4 is 10.6 Å². The minimum atomic E-state index is -0.981. The number of carbonyl (C=O) groups is 1. The third kappa shape index (κ3) is 3.41. The number of amides is 1. The average Bonchev–Trinajstić information content (AvgIpc) is 3.19. The highest BCUT2D eigenvalue weighted by molar-refractivity contribution is 5.65. The van der Waals surface area contributed by atoms with Crippen LogP contribution in [0.25, 0.3) is 17.0 Å². The van der Waals surface area contributed by atoms with Crippen molar-refractivity contribution in [1.82, 2.24) is 29.9 Å². The Hall–Kier alpha value is -3.23. The summed E-state index contributed by atoms with van der Waals surface area (Å²) in [5.41, 5.74) is 3.15. The van der Waals surface area contributed by atoms with Crippen molar-refractivity contribution in [2.24, 2.45) is 0 Å². The van der Waals surface area contributed by atoms with Crippen LogP contribution in [0.5, 0.6) is 0 Å². The lowest BCUT2D eigenvalue weighted by Crippen LogP contribution is -2.32. The number of hydrogen-bond donors (Lipinski definition) is 3. The van der Waals surface area contributed by atoms with Crippen LogP contribution in [-0.4, -0.2) is 47.8 Å². The minimum Gasteiger partial charge on any atom is -0.465 e. The van der Waals surface area contributed by atoms with E-state index in [1.165, 1.54) is 0 Å². The number of hydrogen-bond acceptors (Lipinski definition) is 6. The van der Waals surface area contributed by atoms with E-state index in [1.54, 1.807) is 10.7 Å². The van der Waals surface area contributed by atoms with Crippen molar-refractivity contribution < 1.29 is 9.90 Å². The Bertz CT molecular complexity index is 955. The molecule has 9 heteroatoms. The summed E-state index contributed by atoms with van der Waals surface area (Å²) in [7, 11) is 0. The van der Waals surface area contributed by atoms with E-state index >= 15 is 0 Å². The van der Waals surface area contributed by atoms with E-state index in [0.717, 1.165) is 42.0 Å². The van der Waals surface area contributed by atoms with E-state index in [1.807, 2.05) is 31.3 Å². The van der Waals surface area contributed by atoms with Crippen molar-refractivity contribution in [3.05, 3.63) is 36.3 Å². The highest BCUT2D eigenvalue weighted by atomic mass is 16.4. The SMILES string of the molecule is Cc1cc2nc(-c3ccnc(NC4CCC(NC(=O)O)C4)n3)ccn2n1. The Morgan fingerprint density at radius 2 is 2.04 bits per heavy atom. The zero-order valence-electron chi connectivity index (χ0n) is 14.3. The van der Waals surface area contributed by atoms with Crippen molar-refractivity contribution >= 4 is 17.7 Å². The third-order valence-corrected chi connectivity index (χ3v) is 4.46. The maximum absolute atomic E-state index is 10.7. The van der Waals surface area contributed by atoms with Crippen molar-refractivity contribution in [3.8, 4) is 11.4 Å². The summed E-state index contributed by atoms with van der Waals surface area (Å²) in [6.07, 6.45) is 4.98. The number of aryl methyl sites for hydroxylation is 1. The molecule has 0 aromatic carbocycles. The van der Waals surface area contributed by atoms with Crippen molar-refractivity contribution in [1.29, 1.82) is 0 Å². The van der Waals surface area contributed by atoms with Crippen LogP contribution in [0.4, 0.5) is 10.7 Å². The van der Waals surface area contributed by atoms with Gasteiger partial charge in [0, 0.05) is 30.5 Å². The van der Waals surface area contributed by atoms with Crippen molar-refractivity contribution in [2.45, 2.75) is 38.3 Å². The Morgan fingerprint density at radius 3 is 2.88 bits per heavy atom. The van der Waals surface area contributed by atoms with E-state index < -0.39 is 6.09 Å². The minimum absolute atomic E-state index is 0.0256. The highest BCUT2D eigenvalue weighted by Crippen LogP contribution is 2.23. The first-order chi connectivity index (χ1) is 12.6. The Kier molecular flexibility index (Phi) is 4.11. The van der Waals surface area contributed by atoms with Gasteiger partial charge in [-0.1, -0.05) is 0 Å². The van der Waals surface area contributed by atoms with Gasteiger partial charge in [0.15, 0.2) is 5.65 Å². The van der Waals surface area contributed by atoms with Gasteiger partial charge in [0.05, 0.1) is 17.1 Å². The highest BCUT2D eigenvalue weighted by Gasteiger charge is 2.26. The predicted molar refractivity (Wildman–Crippen MR) is 95.0 cm³/mol. The summed E-state index contributed by atoms with van der Waals surface area (Å²) in [6.45, 7) is 1.93.